The zero-order chi connectivity index (χ0) is 24.7. The number of H-pyrrole nitrogens is 1. The number of ether oxygens (including phenoxy) is 1. The summed E-state index contributed by atoms with van der Waals surface area (Å²) in [5.74, 6) is 3.06. The van der Waals surface area contributed by atoms with Crippen LogP contribution in [0.3, 0.4) is 0 Å². The number of anilines is 3. The molecule has 192 valence electrons. The van der Waals surface area contributed by atoms with Gasteiger partial charge in [0.25, 0.3) is 5.56 Å². The van der Waals surface area contributed by atoms with E-state index < -0.39 is 0 Å². The number of hydrogen-bond donors (Lipinski definition) is 3. The Morgan fingerprint density at radius 3 is 2.36 bits per heavy atom. The minimum absolute atomic E-state index is 0.0918. The highest BCUT2D eigenvalue weighted by Crippen LogP contribution is 2.56. The number of nitrogens with zero attached hydrogens (tertiary/aromatic N) is 2. The summed E-state index contributed by atoms with van der Waals surface area (Å²) >= 11 is 0. The van der Waals surface area contributed by atoms with Crippen molar-refractivity contribution in [1.29, 1.82) is 0 Å². The van der Waals surface area contributed by atoms with Crippen molar-refractivity contribution in [2.75, 3.05) is 41.8 Å². The van der Waals surface area contributed by atoms with E-state index in [9.17, 15) is 9.59 Å². The van der Waals surface area contributed by atoms with E-state index in [-0.39, 0.29) is 23.4 Å². The monoisotopic (exact) mass is 491 g/mol. The third-order valence-corrected chi connectivity index (χ3v) is 8.76. The van der Waals surface area contributed by atoms with E-state index in [0.717, 1.165) is 29.1 Å². The van der Waals surface area contributed by atoms with Crippen LogP contribution in [0.4, 0.5) is 17.3 Å². The lowest BCUT2D eigenvalue weighted by atomic mass is 9.53. The van der Waals surface area contributed by atoms with Gasteiger partial charge in [-0.1, -0.05) is 12.1 Å². The van der Waals surface area contributed by atoms with Crippen LogP contribution in [0.25, 0.3) is 0 Å². The van der Waals surface area contributed by atoms with Gasteiger partial charge in [0, 0.05) is 36.3 Å². The Morgan fingerprint density at radius 2 is 1.72 bits per heavy atom. The normalized spacial score (nSPS) is 28.8. The van der Waals surface area contributed by atoms with Gasteiger partial charge in [0.05, 0.1) is 24.6 Å². The topological polar surface area (TPSA) is 99.4 Å². The van der Waals surface area contributed by atoms with E-state index in [1.165, 1.54) is 38.5 Å². The molecule has 1 aromatic carbocycles. The van der Waals surface area contributed by atoms with Crippen LogP contribution in [-0.2, 0) is 16.0 Å². The van der Waals surface area contributed by atoms with Crippen LogP contribution >= 0.6 is 0 Å². The predicted octanol–water partition coefficient (Wildman–Crippen LogP) is 3.87. The lowest BCUT2D eigenvalue weighted by Crippen LogP contribution is -2.54. The molecule has 3 N–H and O–H groups in total. The fraction of sp³-hybridized carbons (Fsp3) is 0.607. The number of aryl methyl sites for hydroxylation is 1. The Bertz CT molecular complexity index is 1150. The summed E-state index contributed by atoms with van der Waals surface area (Å²) in [6.45, 7) is 4.52. The highest BCUT2D eigenvalue weighted by Gasteiger charge is 2.51. The number of morpholine rings is 1. The lowest BCUT2D eigenvalue weighted by Gasteiger charge is -2.57. The van der Waals surface area contributed by atoms with Crippen LogP contribution in [0.1, 0.15) is 56.2 Å². The van der Waals surface area contributed by atoms with Crippen molar-refractivity contribution in [1.82, 2.24) is 9.97 Å². The van der Waals surface area contributed by atoms with Crippen LogP contribution in [0, 0.1) is 24.7 Å². The van der Waals surface area contributed by atoms with Crippen LogP contribution < -0.4 is 21.1 Å². The van der Waals surface area contributed by atoms with E-state index in [1.807, 2.05) is 30.0 Å². The molecule has 8 heteroatoms. The summed E-state index contributed by atoms with van der Waals surface area (Å²) in [7, 11) is 0. The molecule has 0 unspecified atom stereocenters. The molecular formula is C28H37N5O3. The van der Waals surface area contributed by atoms with Crippen molar-refractivity contribution in [2.24, 2.45) is 17.8 Å². The van der Waals surface area contributed by atoms with Crippen LogP contribution in [0.2, 0.25) is 0 Å². The molecule has 5 fully saturated rings. The number of nitrogens with one attached hydrogen (secondary N) is 3. The van der Waals surface area contributed by atoms with Crippen LogP contribution in [0.5, 0.6) is 0 Å². The minimum atomic E-state index is -0.166. The first-order valence-electron chi connectivity index (χ1n) is 13.6. The molecule has 2 aromatic rings. The molecule has 2 heterocycles. The molecule has 4 bridgehead atoms. The predicted molar refractivity (Wildman–Crippen MR) is 141 cm³/mol. The number of carbonyl (C=O) groups excluding carboxylic acids is 1. The van der Waals surface area contributed by atoms with Gasteiger partial charge in [-0.3, -0.25) is 14.6 Å². The second-order valence-corrected chi connectivity index (χ2v) is 11.5. The summed E-state index contributed by atoms with van der Waals surface area (Å²) in [5.41, 5.74) is 3.09. The fourth-order valence-corrected chi connectivity index (χ4v) is 7.52. The van der Waals surface area contributed by atoms with Gasteiger partial charge in [-0.05, 0) is 81.8 Å². The zero-order valence-electron chi connectivity index (χ0n) is 21.1. The minimum Gasteiger partial charge on any atom is -0.378 e. The summed E-state index contributed by atoms with van der Waals surface area (Å²) in [6.07, 6.45) is 8.53. The van der Waals surface area contributed by atoms with Crippen molar-refractivity contribution in [2.45, 2.75) is 63.8 Å². The Kier molecular flexibility index (Phi) is 6.23. The number of carbonyl (C=O) groups is 1. The molecule has 1 amide bonds. The summed E-state index contributed by atoms with van der Waals surface area (Å²) in [6, 6.07) is 8.04. The SMILES string of the molecule is Cc1nc(N2CCOCC2)[nH]c(=O)c1CCC(=O)Nc1ccccc1NC12CC3CC(CC(C3)C1)C2. The molecule has 4 saturated carbocycles. The van der Waals surface area contributed by atoms with Crippen molar-refractivity contribution < 1.29 is 9.53 Å². The molecule has 1 aliphatic heterocycles. The van der Waals surface area contributed by atoms with E-state index in [1.54, 1.807) is 0 Å². The molecule has 8 nitrogen and oxygen atoms in total. The molecule has 0 radical (unpaired) electrons. The molecule has 1 aromatic heterocycles. The smallest absolute Gasteiger partial charge is 0.255 e. The number of rotatable bonds is 7. The Morgan fingerprint density at radius 1 is 1.08 bits per heavy atom. The number of benzene rings is 1. The largest absolute Gasteiger partial charge is 0.378 e. The molecule has 5 aliphatic rings. The van der Waals surface area contributed by atoms with Gasteiger partial charge in [-0.25, -0.2) is 4.98 Å². The number of aromatic amines is 1. The molecule has 0 atom stereocenters. The van der Waals surface area contributed by atoms with E-state index in [0.29, 0.717) is 49.9 Å². The molecule has 36 heavy (non-hydrogen) atoms. The van der Waals surface area contributed by atoms with E-state index >= 15 is 0 Å². The average molecular weight is 492 g/mol. The standard InChI is InChI=1S/C28H37N5O3/c1-18-22(26(35)31-27(29-18)33-8-10-36-11-9-33)6-7-25(34)30-23-4-2-3-5-24(23)32-28-15-19-12-20(16-28)14-21(13-19)17-28/h2-5,19-21,32H,6-17H2,1H3,(H,30,34)(H,29,31,35). The van der Waals surface area contributed by atoms with Crippen molar-refractivity contribution in [3.05, 3.63) is 45.9 Å². The van der Waals surface area contributed by atoms with Crippen LogP contribution in [-0.4, -0.2) is 47.7 Å². The molecule has 4 aliphatic carbocycles. The van der Waals surface area contributed by atoms with Crippen molar-refractivity contribution in [3.8, 4) is 0 Å². The third-order valence-electron chi connectivity index (χ3n) is 8.76. The quantitative estimate of drug-likeness (QED) is 0.544. The van der Waals surface area contributed by atoms with Crippen molar-refractivity contribution >= 4 is 23.2 Å². The number of aromatic nitrogens is 2. The van der Waals surface area contributed by atoms with E-state index in [2.05, 4.69) is 26.7 Å². The van der Waals surface area contributed by atoms with Gasteiger partial charge in [-0.15, -0.1) is 0 Å². The Hall–Kier alpha value is -2.87. The number of amides is 1. The summed E-state index contributed by atoms with van der Waals surface area (Å²) in [5, 5.41) is 7.01. The van der Waals surface area contributed by atoms with Gasteiger partial charge in [0.15, 0.2) is 0 Å². The van der Waals surface area contributed by atoms with Gasteiger partial charge < -0.3 is 20.3 Å². The first-order valence-corrected chi connectivity index (χ1v) is 13.6. The first-order chi connectivity index (χ1) is 17.5. The fourth-order valence-electron chi connectivity index (χ4n) is 7.52. The second kappa shape index (κ2) is 9.54. The Labute approximate surface area is 212 Å². The average Bonchev–Trinajstić information content (AvgIpc) is 2.84. The number of para-hydroxylation sites is 2. The zero-order valence-corrected chi connectivity index (χ0v) is 21.1. The summed E-state index contributed by atoms with van der Waals surface area (Å²) in [4.78, 5) is 35.3. The van der Waals surface area contributed by atoms with Gasteiger partial charge in [0.1, 0.15) is 0 Å². The highest BCUT2D eigenvalue weighted by atomic mass is 16.5. The molecule has 7 rings (SSSR count). The summed E-state index contributed by atoms with van der Waals surface area (Å²) < 4.78 is 5.39. The Balaban J connectivity index is 1.10. The van der Waals surface area contributed by atoms with Crippen LogP contribution in [0.15, 0.2) is 29.1 Å². The third kappa shape index (κ3) is 4.75. The first kappa shape index (κ1) is 23.5. The van der Waals surface area contributed by atoms with Gasteiger partial charge in [0.2, 0.25) is 11.9 Å². The molecule has 0 spiro atoms. The van der Waals surface area contributed by atoms with Crippen molar-refractivity contribution in [3.63, 3.8) is 0 Å². The van der Waals surface area contributed by atoms with Gasteiger partial charge in [-0.2, -0.15) is 0 Å². The van der Waals surface area contributed by atoms with E-state index in [4.69, 9.17) is 4.74 Å². The highest BCUT2D eigenvalue weighted by molar-refractivity contribution is 5.94. The maximum absolute atomic E-state index is 12.9. The van der Waals surface area contributed by atoms with Gasteiger partial charge >= 0.3 is 0 Å². The lowest BCUT2D eigenvalue weighted by molar-refractivity contribution is -0.116. The maximum Gasteiger partial charge on any atom is 0.255 e. The molecular weight excluding hydrogens is 454 g/mol. The molecule has 1 saturated heterocycles. The maximum atomic E-state index is 12.9. The number of hydrogen-bond acceptors (Lipinski definition) is 6. The second-order valence-electron chi connectivity index (χ2n) is 11.5.